The number of benzene rings is 2. The van der Waals surface area contributed by atoms with E-state index < -0.39 is 114 Å². The Morgan fingerprint density at radius 2 is 1.14 bits per heavy atom. The Kier molecular flexibility index (Phi) is 19.0. The molecule has 2 aromatic rings. The summed E-state index contributed by atoms with van der Waals surface area (Å²) >= 11 is 0. The van der Waals surface area contributed by atoms with E-state index in [2.05, 4.69) is 26.6 Å². The maximum absolute atomic E-state index is 14.1. The van der Waals surface area contributed by atoms with Gasteiger partial charge < -0.3 is 52.3 Å². The molecule has 2 heterocycles. The highest BCUT2D eigenvalue weighted by Crippen LogP contribution is 2.26. The highest BCUT2D eigenvalue weighted by atomic mass is 16.4. The van der Waals surface area contributed by atoms with E-state index in [0.29, 0.717) is 36.8 Å². The molecule has 2 aliphatic rings. The Hall–Kier alpha value is -6.37. The second kappa shape index (κ2) is 24.1. The smallest absolute Gasteiger partial charge is 0.326 e. The van der Waals surface area contributed by atoms with E-state index in [4.69, 9.17) is 5.73 Å². The molecule has 2 fully saturated rings. The average Bonchev–Trinajstić information content (AvgIpc) is 3.97. The molecule has 2 aliphatic heterocycles. The van der Waals surface area contributed by atoms with Gasteiger partial charge in [0.25, 0.3) is 0 Å². The van der Waals surface area contributed by atoms with Crippen LogP contribution in [0.25, 0.3) is 0 Å². The van der Waals surface area contributed by atoms with Gasteiger partial charge >= 0.3 is 11.9 Å². The maximum Gasteiger partial charge on any atom is 0.326 e. The Labute approximate surface area is 379 Å². The molecule has 4 rings (SSSR count). The first-order valence-corrected chi connectivity index (χ1v) is 22.2. The molecule has 9 N–H and O–H groups in total. The number of hydrogen-bond acceptors (Lipinski definition) is 10. The number of carboxylic acids is 2. The number of amides is 7. The highest BCUT2D eigenvalue weighted by Gasteiger charge is 2.44. The predicted octanol–water partition coefficient (Wildman–Crippen LogP) is 0.486. The summed E-state index contributed by atoms with van der Waals surface area (Å²) in [6, 6.07) is 8.53. The van der Waals surface area contributed by atoms with Crippen molar-refractivity contribution in [1.29, 1.82) is 0 Å². The van der Waals surface area contributed by atoms with Gasteiger partial charge in [-0.2, -0.15) is 0 Å². The topological polar surface area (TPSA) is 287 Å². The lowest BCUT2D eigenvalue weighted by Gasteiger charge is -2.33. The summed E-state index contributed by atoms with van der Waals surface area (Å²) in [5.74, 6) is -7.84. The van der Waals surface area contributed by atoms with Crippen molar-refractivity contribution in [3.8, 4) is 0 Å². The Bertz CT molecular complexity index is 2020. The van der Waals surface area contributed by atoms with Gasteiger partial charge in [-0.15, -0.1) is 0 Å². The second-order valence-corrected chi connectivity index (χ2v) is 17.4. The molecule has 65 heavy (non-hydrogen) atoms. The van der Waals surface area contributed by atoms with E-state index in [9.17, 15) is 53.4 Å². The monoisotopic (exact) mass is 904 g/mol. The van der Waals surface area contributed by atoms with E-state index in [1.54, 1.807) is 88.4 Å². The normalized spacial score (nSPS) is 18.7. The predicted molar refractivity (Wildman–Crippen MR) is 237 cm³/mol. The molecule has 0 unspecified atom stereocenters. The van der Waals surface area contributed by atoms with Gasteiger partial charge in [0.15, 0.2) is 0 Å². The van der Waals surface area contributed by atoms with Crippen LogP contribution < -0.4 is 32.3 Å². The largest absolute Gasteiger partial charge is 0.481 e. The van der Waals surface area contributed by atoms with Gasteiger partial charge in [-0.3, -0.25) is 38.4 Å². The fourth-order valence-corrected chi connectivity index (χ4v) is 7.94. The van der Waals surface area contributed by atoms with Crippen molar-refractivity contribution >= 4 is 53.3 Å². The molecule has 19 heteroatoms. The summed E-state index contributed by atoms with van der Waals surface area (Å²) < 4.78 is 0. The van der Waals surface area contributed by atoms with E-state index in [1.807, 2.05) is 0 Å². The third-order valence-electron chi connectivity index (χ3n) is 11.7. The number of carbonyl (C=O) groups excluding carboxylic acids is 7. The fraction of sp³-hybridized carbons (Fsp3) is 0.543. The van der Waals surface area contributed by atoms with Crippen molar-refractivity contribution in [1.82, 2.24) is 36.4 Å². The first kappa shape index (κ1) is 51.3. The standard InChI is InChI=1S/C46H64N8O11/c1-26(2)37(47)42(60)49-31(20-21-36(55)56)39(57)52-38(27(3)4)43(61)50-32(24-29-14-8-6-9-15-29)40(58)48-28(5)44(62)54-23-13-19-35(54)45(63)53-22-12-18-34(53)41(59)51-33(46(64)65)25-30-16-10-7-11-17-30/h6-11,14-17,26-28,31-35,37-38H,12-13,18-25,47H2,1-5H3,(H,48,58)(H,49,60)(H,50,61)(H,51,59)(H,52,57)(H,55,56)(H,64,65)/t28-,31-,32-,33-,34-,35-,37-,38-/m0/s1. The van der Waals surface area contributed by atoms with Crippen molar-refractivity contribution in [2.75, 3.05) is 13.1 Å². The summed E-state index contributed by atoms with van der Waals surface area (Å²) in [5.41, 5.74) is 7.35. The zero-order valence-electron chi connectivity index (χ0n) is 37.7. The molecular weight excluding hydrogens is 841 g/mol. The zero-order chi connectivity index (χ0) is 48.0. The number of rotatable bonds is 22. The van der Waals surface area contributed by atoms with Gasteiger partial charge in [-0.05, 0) is 62.0 Å². The summed E-state index contributed by atoms with van der Waals surface area (Å²) in [4.78, 5) is 122. The van der Waals surface area contributed by atoms with Gasteiger partial charge in [-0.25, -0.2) is 4.79 Å². The van der Waals surface area contributed by atoms with E-state index in [-0.39, 0.29) is 38.3 Å². The fourth-order valence-electron chi connectivity index (χ4n) is 7.94. The molecule has 0 aromatic heterocycles. The van der Waals surface area contributed by atoms with Crippen LogP contribution in [0.15, 0.2) is 60.7 Å². The Morgan fingerprint density at radius 3 is 1.68 bits per heavy atom. The summed E-state index contributed by atoms with van der Waals surface area (Å²) in [6.07, 6.45) is 0.888. The van der Waals surface area contributed by atoms with Crippen LogP contribution in [-0.2, 0) is 56.0 Å². The summed E-state index contributed by atoms with van der Waals surface area (Å²) in [6.45, 7) is 8.63. The Morgan fingerprint density at radius 1 is 0.615 bits per heavy atom. The quantitative estimate of drug-likeness (QED) is 0.0802. The van der Waals surface area contributed by atoms with Crippen LogP contribution in [0.4, 0.5) is 0 Å². The minimum absolute atomic E-state index is 0.0141. The van der Waals surface area contributed by atoms with Crippen molar-refractivity contribution in [2.24, 2.45) is 17.6 Å². The van der Waals surface area contributed by atoms with Crippen LogP contribution in [0.2, 0.25) is 0 Å². The molecular formula is C46H64N8O11. The maximum atomic E-state index is 14.1. The zero-order valence-corrected chi connectivity index (χ0v) is 37.7. The van der Waals surface area contributed by atoms with Crippen molar-refractivity contribution in [3.05, 3.63) is 71.8 Å². The Balaban J connectivity index is 1.46. The first-order chi connectivity index (χ1) is 30.8. The van der Waals surface area contributed by atoms with Crippen LogP contribution in [-0.4, -0.2) is 135 Å². The van der Waals surface area contributed by atoms with Gasteiger partial charge in [0.1, 0.15) is 42.3 Å². The molecule has 0 saturated carbocycles. The number of nitrogens with zero attached hydrogens (tertiary/aromatic N) is 2. The minimum atomic E-state index is -1.34. The number of nitrogens with two attached hydrogens (primary N) is 1. The molecule has 0 radical (unpaired) electrons. The van der Waals surface area contributed by atoms with Crippen LogP contribution in [0.1, 0.15) is 84.3 Å². The number of likely N-dealkylation sites (tertiary alicyclic amines) is 2. The first-order valence-electron chi connectivity index (χ1n) is 22.2. The lowest BCUT2D eigenvalue weighted by Crippen LogP contribution is -2.60. The summed E-state index contributed by atoms with van der Waals surface area (Å²) in [7, 11) is 0. The number of nitrogens with one attached hydrogen (secondary N) is 5. The highest BCUT2D eigenvalue weighted by molar-refractivity contribution is 5.98. The SMILES string of the molecule is CC(C)[C@H](N)C(=O)N[C@@H](CCC(=O)O)C(=O)N[C@H](C(=O)N[C@@H](Cc1ccccc1)C(=O)N[C@@H](C)C(=O)N1CCC[C@H]1C(=O)N1CCC[C@H]1C(=O)N[C@@H](Cc1ccccc1)C(=O)O)C(C)C. The molecule has 354 valence electrons. The van der Waals surface area contributed by atoms with Crippen molar-refractivity contribution < 1.29 is 53.4 Å². The molecule has 2 aromatic carbocycles. The van der Waals surface area contributed by atoms with Crippen LogP contribution in [0.3, 0.4) is 0 Å². The van der Waals surface area contributed by atoms with Crippen LogP contribution in [0, 0.1) is 11.8 Å². The molecule has 7 amide bonds. The molecule has 0 bridgehead atoms. The van der Waals surface area contributed by atoms with Crippen molar-refractivity contribution in [2.45, 2.75) is 134 Å². The number of carbonyl (C=O) groups is 9. The second-order valence-electron chi connectivity index (χ2n) is 17.4. The third kappa shape index (κ3) is 14.6. The molecule has 0 spiro atoms. The summed E-state index contributed by atoms with van der Waals surface area (Å²) in [5, 5.41) is 32.3. The van der Waals surface area contributed by atoms with E-state index in [1.165, 1.54) is 16.7 Å². The number of aliphatic carboxylic acids is 2. The molecule has 19 nitrogen and oxygen atoms in total. The van der Waals surface area contributed by atoms with Gasteiger partial charge in [0.05, 0.1) is 6.04 Å². The lowest BCUT2D eigenvalue weighted by atomic mass is 9.99. The van der Waals surface area contributed by atoms with Crippen LogP contribution in [0.5, 0.6) is 0 Å². The van der Waals surface area contributed by atoms with E-state index in [0.717, 1.165) is 0 Å². The van der Waals surface area contributed by atoms with E-state index >= 15 is 0 Å². The van der Waals surface area contributed by atoms with Gasteiger partial charge in [0, 0.05) is 32.4 Å². The van der Waals surface area contributed by atoms with Crippen molar-refractivity contribution in [3.63, 3.8) is 0 Å². The minimum Gasteiger partial charge on any atom is -0.481 e. The molecule has 2 saturated heterocycles. The molecule has 8 atom stereocenters. The van der Waals surface area contributed by atoms with Gasteiger partial charge in [0.2, 0.25) is 41.4 Å². The molecule has 0 aliphatic carbocycles. The average molecular weight is 905 g/mol. The number of carboxylic acid groups (broad SMARTS) is 2. The van der Waals surface area contributed by atoms with Gasteiger partial charge in [-0.1, -0.05) is 88.4 Å². The lowest BCUT2D eigenvalue weighted by molar-refractivity contribution is -0.148. The third-order valence-corrected chi connectivity index (χ3v) is 11.7. The number of hydrogen-bond donors (Lipinski definition) is 8. The van der Waals surface area contributed by atoms with Crippen LogP contribution >= 0.6 is 0 Å².